The predicted molar refractivity (Wildman–Crippen MR) is 108 cm³/mol. The maximum Gasteiger partial charge on any atom is 0.255 e. The number of imidazole rings is 1. The molecule has 0 atom stereocenters. The molecular weight excluding hydrogens is 371 g/mol. The van der Waals surface area contributed by atoms with Crippen molar-refractivity contribution in [1.29, 1.82) is 0 Å². The first-order chi connectivity index (χ1) is 11.7. The fourth-order valence-corrected chi connectivity index (χ4v) is 4.02. The normalized spacial score (nSPS) is 18.3. The third-order valence-electron chi connectivity index (χ3n) is 5.61. The van der Waals surface area contributed by atoms with E-state index in [1.165, 1.54) is 6.42 Å². The van der Waals surface area contributed by atoms with Crippen LogP contribution in [0.25, 0.3) is 5.69 Å². The smallest absolute Gasteiger partial charge is 0.255 e. The molecule has 0 radical (unpaired) electrons. The average Bonchev–Trinajstić information content (AvgIpc) is 3.27. The molecule has 7 heteroatoms. The molecule has 2 aliphatic heterocycles. The van der Waals surface area contributed by atoms with Crippen molar-refractivity contribution in [3.63, 3.8) is 0 Å². The van der Waals surface area contributed by atoms with Gasteiger partial charge >= 0.3 is 0 Å². The first-order valence-corrected chi connectivity index (χ1v) is 8.76. The van der Waals surface area contributed by atoms with Crippen molar-refractivity contribution < 1.29 is 4.79 Å². The number of carbonyl (C=O) groups excluding carboxylic acids is 1. The molecule has 0 saturated carbocycles. The Morgan fingerprint density at radius 1 is 1.19 bits per heavy atom. The lowest BCUT2D eigenvalue weighted by Gasteiger charge is -2.39. The summed E-state index contributed by atoms with van der Waals surface area (Å²) in [5.41, 5.74) is 3.21. The van der Waals surface area contributed by atoms with Crippen LogP contribution in [0, 0.1) is 12.3 Å². The molecule has 0 bridgehead atoms. The van der Waals surface area contributed by atoms with E-state index >= 15 is 0 Å². The molecule has 2 aromatic rings. The van der Waals surface area contributed by atoms with Crippen LogP contribution in [0.3, 0.4) is 0 Å². The number of piperidine rings is 1. The standard InChI is InChI=1S/C19H24N4O.2ClH/c1-15-2-3-17(23-11-8-21-14-23)16(12-15)18(24)22-9-5-19(6-10-22)4-7-20-13-19;;/h2-3,8,11-12,14,20H,4-7,9-10,13H2,1H3;2*1H. The fourth-order valence-electron chi connectivity index (χ4n) is 4.02. The van der Waals surface area contributed by atoms with Crippen molar-refractivity contribution in [2.24, 2.45) is 5.41 Å². The molecule has 4 rings (SSSR count). The summed E-state index contributed by atoms with van der Waals surface area (Å²) in [5.74, 6) is 0.142. The van der Waals surface area contributed by atoms with Crippen LogP contribution in [-0.4, -0.2) is 46.5 Å². The number of likely N-dealkylation sites (tertiary alicyclic amines) is 1. The van der Waals surface area contributed by atoms with Gasteiger partial charge in [-0.05, 0) is 50.3 Å². The van der Waals surface area contributed by atoms with Gasteiger partial charge in [0.05, 0.1) is 17.6 Å². The van der Waals surface area contributed by atoms with Crippen LogP contribution in [0.5, 0.6) is 0 Å². The summed E-state index contributed by atoms with van der Waals surface area (Å²) in [5, 5.41) is 3.48. The Labute approximate surface area is 167 Å². The minimum absolute atomic E-state index is 0. The predicted octanol–water partition coefficient (Wildman–Crippen LogP) is 3.24. The van der Waals surface area contributed by atoms with Gasteiger partial charge in [-0.15, -0.1) is 24.8 Å². The zero-order chi connectivity index (χ0) is 16.6. The maximum atomic E-state index is 13.1. The number of hydrogen-bond acceptors (Lipinski definition) is 3. The highest BCUT2D eigenvalue weighted by atomic mass is 35.5. The van der Waals surface area contributed by atoms with E-state index in [9.17, 15) is 4.79 Å². The number of halogens is 2. The van der Waals surface area contributed by atoms with Crippen LogP contribution >= 0.6 is 24.8 Å². The lowest BCUT2D eigenvalue weighted by Crippen LogP contribution is -2.44. The molecule has 5 nitrogen and oxygen atoms in total. The molecule has 1 aromatic heterocycles. The quantitative estimate of drug-likeness (QED) is 0.847. The third kappa shape index (κ3) is 3.90. The molecule has 2 fully saturated rings. The first kappa shape index (κ1) is 20.7. The number of benzene rings is 1. The van der Waals surface area contributed by atoms with Crippen molar-refractivity contribution in [3.05, 3.63) is 48.0 Å². The van der Waals surface area contributed by atoms with Gasteiger partial charge in [-0.1, -0.05) is 11.6 Å². The second-order valence-corrected chi connectivity index (χ2v) is 7.21. The van der Waals surface area contributed by atoms with E-state index in [4.69, 9.17) is 0 Å². The topological polar surface area (TPSA) is 50.2 Å². The van der Waals surface area contributed by atoms with E-state index in [1.54, 1.807) is 12.5 Å². The Kier molecular flexibility index (Phi) is 6.72. The van der Waals surface area contributed by atoms with Crippen LogP contribution in [0.2, 0.25) is 0 Å². The van der Waals surface area contributed by atoms with E-state index < -0.39 is 0 Å². The van der Waals surface area contributed by atoms with E-state index in [1.807, 2.05) is 40.8 Å². The van der Waals surface area contributed by atoms with Gasteiger partial charge in [-0.25, -0.2) is 4.98 Å². The molecule has 2 aliphatic rings. The second kappa shape index (κ2) is 8.42. The van der Waals surface area contributed by atoms with Gasteiger partial charge in [0.25, 0.3) is 5.91 Å². The summed E-state index contributed by atoms with van der Waals surface area (Å²) >= 11 is 0. The van der Waals surface area contributed by atoms with E-state index in [0.717, 1.165) is 55.8 Å². The molecule has 26 heavy (non-hydrogen) atoms. The Bertz CT molecular complexity index is 732. The molecule has 3 heterocycles. The van der Waals surface area contributed by atoms with E-state index in [-0.39, 0.29) is 30.7 Å². The SMILES string of the molecule is Cc1ccc(-n2ccnc2)c(C(=O)N2CCC3(CCNC3)CC2)c1.Cl.Cl. The molecular formula is C19H26Cl2N4O. The lowest BCUT2D eigenvalue weighted by molar-refractivity contribution is 0.0607. The molecule has 1 aromatic carbocycles. The number of carbonyl (C=O) groups is 1. The number of rotatable bonds is 2. The maximum absolute atomic E-state index is 13.1. The van der Waals surface area contributed by atoms with Crippen LogP contribution in [0.4, 0.5) is 0 Å². The minimum Gasteiger partial charge on any atom is -0.339 e. The Balaban J connectivity index is 0.00000121. The van der Waals surface area contributed by atoms with Gasteiger partial charge in [0.2, 0.25) is 0 Å². The summed E-state index contributed by atoms with van der Waals surface area (Å²) in [4.78, 5) is 19.3. The van der Waals surface area contributed by atoms with E-state index in [2.05, 4.69) is 10.3 Å². The van der Waals surface area contributed by atoms with Gasteiger partial charge in [-0.3, -0.25) is 4.79 Å². The third-order valence-corrected chi connectivity index (χ3v) is 5.61. The number of hydrogen-bond donors (Lipinski definition) is 1. The van der Waals surface area contributed by atoms with Crippen LogP contribution < -0.4 is 5.32 Å². The number of aromatic nitrogens is 2. The lowest BCUT2D eigenvalue weighted by atomic mass is 9.77. The Hall–Kier alpha value is -1.56. The average molecular weight is 397 g/mol. The van der Waals surface area contributed by atoms with Gasteiger partial charge in [0, 0.05) is 32.0 Å². The number of amides is 1. The largest absolute Gasteiger partial charge is 0.339 e. The Morgan fingerprint density at radius 2 is 1.96 bits per heavy atom. The van der Waals surface area contributed by atoms with Gasteiger partial charge in [0.1, 0.15) is 0 Å². The fraction of sp³-hybridized carbons (Fsp3) is 0.474. The molecule has 1 spiro atoms. The van der Waals surface area contributed by atoms with E-state index in [0.29, 0.717) is 5.41 Å². The Morgan fingerprint density at radius 3 is 2.58 bits per heavy atom. The summed E-state index contributed by atoms with van der Waals surface area (Å²) in [6.45, 7) is 5.98. The summed E-state index contributed by atoms with van der Waals surface area (Å²) in [7, 11) is 0. The molecule has 0 aliphatic carbocycles. The van der Waals surface area contributed by atoms with Crippen molar-refractivity contribution >= 4 is 30.7 Å². The molecule has 2 saturated heterocycles. The zero-order valence-corrected chi connectivity index (χ0v) is 16.6. The monoisotopic (exact) mass is 396 g/mol. The highest BCUT2D eigenvalue weighted by molar-refractivity contribution is 5.98. The summed E-state index contributed by atoms with van der Waals surface area (Å²) < 4.78 is 1.92. The van der Waals surface area contributed by atoms with Gasteiger partial charge < -0.3 is 14.8 Å². The highest BCUT2D eigenvalue weighted by Gasteiger charge is 2.38. The molecule has 1 N–H and O–H groups in total. The van der Waals surface area contributed by atoms with Crippen molar-refractivity contribution in [2.75, 3.05) is 26.2 Å². The zero-order valence-electron chi connectivity index (χ0n) is 15.0. The van der Waals surface area contributed by atoms with Crippen molar-refractivity contribution in [1.82, 2.24) is 19.8 Å². The van der Waals surface area contributed by atoms with Crippen LogP contribution in [0.15, 0.2) is 36.9 Å². The first-order valence-electron chi connectivity index (χ1n) is 8.76. The van der Waals surface area contributed by atoms with Crippen molar-refractivity contribution in [3.8, 4) is 5.69 Å². The number of aryl methyl sites for hydroxylation is 1. The molecule has 0 unspecified atom stereocenters. The summed E-state index contributed by atoms with van der Waals surface area (Å²) in [6, 6.07) is 6.05. The minimum atomic E-state index is 0. The molecule has 1 amide bonds. The number of nitrogens with zero attached hydrogens (tertiary/aromatic N) is 3. The van der Waals surface area contributed by atoms with Gasteiger partial charge in [-0.2, -0.15) is 0 Å². The second-order valence-electron chi connectivity index (χ2n) is 7.21. The van der Waals surface area contributed by atoms with Gasteiger partial charge in [0.15, 0.2) is 0 Å². The molecule has 142 valence electrons. The highest BCUT2D eigenvalue weighted by Crippen LogP contribution is 2.37. The number of nitrogens with one attached hydrogen (secondary N) is 1. The van der Waals surface area contributed by atoms with Crippen LogP contribution in [-0.2, 0) is 0 Å². The van der Waals surface area contributed by atoms with Crippen LogP contribution in [0.1, 0.15) is 35.2 Å². The summed E-state index contributed by atoms with van der Waals surface area (Å²) in [6.07, 6.45) is 8.84. The van der Waals surface area contributed by atoms with Crippen molar-refractivity contribution in [2.45, 2.75) is 26.2 Å².